The van der Waals surface area contributed by atoms with Gasteiger partial charge < -0.3 is 9.80 Å². The average molecular weight is 229 g/mol. The Bertz CT molecular complexity index is 447. The molecule has 3 heteroatoms. The number of nitrogens with zero attached hydrogens (tertiary/aromatic N) is 3. The molecule has 1 heterocycles. The van der Waals surface area contributed by atoms with E-state index in [-0.39, 0.29) is 0 Å². The minimum absolute atomic E-state index is 0.539. The minimum atomic E-state index is 0.539. The van der Waals surface area contributed by atoms with Crippen molar-refractivity contribution in [3.8, 4) is 6.07 Å². The third-order valence-electron chi connectivity index (χ3n) is 3.57. The summed E-state index contributed by atoms with van der Waals surface area (Å²) in [7, 11) is 2.16. The third-order valence-corrected chi connectivity index (χ3v) is 3.57. The summed E-state index contributed by atoms with van der Waals surface area (Å²) in [6, 6.07) is 8.97. The molecule has 1 fully saturated rings. The molecule has 0 spiro atoms. The molecule has 0 amide bonds. The highest BCUT2D eigenvalue weighted by Gasteiger charge is 2.22. The molecule has 2 rings (SSSR count). The zero-order valence-corrected chi connectivity index (χ0v) is 10.8. The molecule has 0 aliphatic carbocycles. The second-order valence-electron chi connectivity index (χ2n) is 4.91. The van der Waals surface area contributed by atoms with Gasteiger partial charge in [0.05, 0.1) is 11.3 Å². The molecule has 0 N–H and O–H groups in total. The maximum atomic E-state index is 9.20. The number of piperazine rings is 1. The van der Waals surface area contributed by atoms with E-state index in [4.69, 9.17) is 0 Å². The van der Waals surface area contributed by atoms with Crippen LogP contribution in [0.15, 0.2) is 18.2 Å². The second kappa shape index (κ2) is 4.77. The quantitative estimate of drug-likeness (QED) is 0.738. The zero-order valence-electron chi connectivity index (χ0n) is 10.8. The van der Waals surface area contributed by atoms with Gasteiger partial charge in [0.1, 0.15) is 6.07 Å². The number of likely N-dealkylation sites (N-methyl/N-ethyl adjacent to an activating group) is 1. The molecule has 17 heavy (non-hydrogen) atoms. The summed E-state index contributed by atoms with van der Waals surface area (Å²) in [6.07, 6.45) is 0. The van der Waals surface area contributed by atoms with Crippen LogP contribution in [0.1, 0.15) is 18.1 Å². The molecule has 3 nitrogen and oxygen atoms in total. The number of rotatable bonds is 1. The van der Waals surface area contributed by atoms with Crippen LogP contribution < -0.4 is 4.90 Å². The Morgan fingerprint density at radius 2 is 2.12 bits per heavy atom. The highest BCUT2D eigenvalue weighted by Crippen LogP contribution is 2.23. The van der Waals surface area contributed by atoms with Crippen LogP contribution in [0.2, 0.25) is 0 Å². The molecule has 1 aliphatic heterocycles. The van der Waals surface area contributed by atoms with Crippen molar-refractivity contribution in [1.29, 1.82) is 5.26 Å². The van der Waals surface area contributed by atoms with Gasteiger partial charge >= 0.3 is 0 Å². The normalized spacial score (nSPS) is 21.3. The minimum Gasteiger partial charge on any atom is -0.368 e. The molecule has 90 valence electrons. The lowest BCUT2D eigenvalue weighted by Crippen LogP contribution is -2.50. The molecule has 0 saturated carbocycles. The average Bonchev–Trinajstić information content (AvgIpc) is 2.32. The van der Waals surface area contributed by atoms with Crippen LogP contribution >= 0.6 is 0 Å². The van der Waals surface area contributed by atoms with Crippen LogP contribution in [0.5, 0.6) is 0 Å². The van der Waals surface area contributed by atoms with Crippen molar-refractivity contribution < 1.29 is 0 Å². The van der Waals surface area contributed by atoms with Gasteiger partial charge in [-0.05, 0) is 38.6 Å². The first-order valence-corrected chi connectivity index (χ1v) is 6.07. The van der Waals surface area contributed by atoms with Crippen LogP contribution in [-0.2, 0) is 0 Å². The lowest BCUT2D eigenvalue weighted by Gasteiger charge is -2.39. The Morgan fingerprint density at radius 1 is 1.35 bits per heavy atom. The largest absolute Gasteiger partial charge is 0.368 e. The van der Waals surface area contributed by atoms with Gasteiger partial charge in [0.25, 0.3) is 0 Å². The van der Waals surface area contributed by atoms with Crippen molar-refractivity contribution in [1.82, 2.24) is 4.90 Å². The lowest BCUT2D eigenvalue weighted by atomic mass is 10.1. The number of aryl methyl sites for hydroxylation is 1. The fraction of sp³-hybridized carbons (Fsp3) is 0.500. The van der Waals surface area contributed by atoms with Crippen LogP contribution in [0, 0.1) is 18.3 Å². The molecular formula is C14H19N3. The van der Waals surface area contributed by atoms with Crippen LogP contribution in [0.25, 0.3) is 0 Å². The monoisotopic (exact) mass is 229 g/mol. The predicted octanol–water partition coefficient (Wildman–Crippen LogP) is 2.01. The summed E-state index contributed by atoms with van der Waals surface area (Å²) in [5, 5.41) is 9.20. The first kappa shape index (κ1) is 11.9. The van der Waals surface area contributed by atoms with Gasteiger partial charge in [-0.2, -0.15) is 5.26 Å². The number of benzene rings is 1. The lowest BCUT2D eigenvalue weighted by molar-refractivity contribution is 0.234. The van der Waals surface area contributed by atoms with E-state index < -0.39 is 0 Å². The Kier molecular flexibility index (Phi) is 3.35. The van der Waals surface area contributed by atoms with Crippen molar-refractivity contribution in [2.45, 2.75) is 19.9 Å². The smallest absolute Gasteiger partial charge is 0.101 e. The van der Waals surface area contributed by atoms with E-state index in [2.05, 4.69) is 42.0 Å². The second-order valence-corrected chi connectivity index (χ2v) is 4.91. The van der Waals surface area contributed by atoms with Gasteiger partial charge in [-0.25, -0.2) is 0 Å². The summed E-state index contributed by atoms with van der Waals surface area (Å²) in [5.74, 6) is 0. The molecule has 1 aromatic carbocycles. The molecule has 1 unspecified atom stereocenters. The summed E-state index contributed by atoms with van der Waals surface area (Å²) in [4.78, 5) is 4.68. The maximum absolute atomic E-state index is 9.20. The maximum Gasteiger partial charge on any atom is 0.101 e. The molecule has 0 radical (unpaired) electrons. The van der Waals surface area contributed by atoms with E-state index in [1.165, 1.54) is 0 Å². The van der Waals surface area contributed by atoms with Crippen LogP contribution in [0.3, 0.4) is 0 Å². The van der Waals surface area contributed by atoms with E-state index in [1.807, 2.05) is 13.0 Å². The molecule has 1 aromatic rings. The topological polar surface area (TPSA) is 30.3 Å². The van der Waals surface area contributed by atoms with Gasteiger partial charge in [0.2, 0.25) is 0 Å². The SMILES string of the molecule is Cc1ccc(N2CCN(C)C(C)C2)c(C#N)c1. The zero-order chi connectivity index (χ0) is 12.4. The molecule has 1 atom stereocenters. The Hall–Kier alpha value is -1.53. The van der Waals surface area contributed by atoms with E-state index in [0.29, 0.717) is 6.04 Å². The first-order chi connectivity index (χ1) is 8.11. The van der Waals surface area contributed by atoms with E-state index in [1.54, 1.807) is 0 Å². The summed E-state index contributed by atoms with van der Waals surface area (Å²) in [5.41, 5.74) is 3.02. The Balaban J connectivity index is 2.26. The fourth-order valence-corrected chi connectivity index (χ4v) is 2.28. The Morgan fingerprint density at radius 3 is 2.76 bits per heavy atom. The van der Waals surface area contributed by atoms with Crippen molar-refractivity contribution >= 4 is 5.69 Å². The number of hydrogen-bond donors (Lipinski definition) is 0. The van der Waals surface area contributed by atoms with Crippen LogP contribution in [-0.4, -0.2) is 37.6 Å². The number of nitriles is 1. The van der Waals surface area contributed by atoms with Gasteiger partial charge in [0, 0.05) is 25.7 Å². The standard InChI is InChI=1S/C14H19N3/c1-11-4-5-14(13(8-11)9-15)17-7-6-16(3)12(2)10-17/h4-5,8,12H,6-7,10H2,1-3H3. The van der Waals surface area contributed by atoms with Gasteiger partial charge in [-0.1, -0.05) is 6.07 Å². The molecule has 1 aliphatic rings. The van der Waals surface area contributed by atoms with Crippen LogP contribution in [0.4, 0.5) is 5.69 Å². The molecule has 0 aromatic heterocycles. The summed E-state index contributed by atoms with van der Waals surface area (Å²) >= 11 is 0. The number of hydrogen-bond acceptors (Lipinski definition) is 3. The highest BCUT2D eigenvalue weighted by molar-refractivity contribution is 5.60. The highest BCUT2D eigenvalue weighted by atomic mass is 15.3. The van der Waals surface area contributed by atoms with Crippen molar-refractivity contribution in [2.24, 2.45) is 0 Å². The molecular weight excluding hydrogens is 210 g/mol. The fourth-order valence-electron chi connectivity index (χ4n) is 2.28. The van der Waals surface area contributed by atoms with Gasteiger partial charge in [-0.15, -0.1) is 0 Å². The van der Waals surface area contributed by atoms with E-state index in [0.717, 1.165) is 36.4 Å². The molecule has 0 bridgehead atoms. The van der Waals surface area contributed by atoms with Gasteiger partial charge in [-0.3, -0.25) is 0 Å². The number of anilines is 1. The third kappa shape index (κ3) is 2.42. The van der Waals surface area contributed by atoms with Crippen molar-refractivity contribution in [3.63, 3.8) is 0 Å². The van der Waals surface area contributed by atoms with E-state index in [9.17, 15) is 5.26 Å². The summed E-state index contributed by atoms with van der Waals surface area (Å²) in [6.45, 7) is 7.30. The van der Waals surface area contributed by atoms with Gasteiger partial charge in [0.15, 0.2) is 0 Å². The molecule has 1 saturated heterocycles. The first-order valence-electron chi connectivity index (χ1n) is 6.07. The Labute approximate surface area is 103 Å². The van der Waals surface area contributed by atoms with E-state index >= 15 is 0 Å². The van der Waals surface area contributed by atoms with Crippen molar-refractivity contribution in [3.05, 3.63) is 29.3 Å². The predicted molar refractivity (Wildman–Crippen MR) is 70.2 cm³/mol. The summed E-state index contributed by atoms with van der Waals surface area (Å²) < 4.78 is 0. The van der Waals surface area contributed by atoms with Crippen molar-refractivity contribution in [2.75, 3.05) is 31.6 Å².